The number of aryl methyl sites for hydroxylation is 1. The zero-order valence-electron chi connectivity index (χ0n) is 9.04. The highest BCUT2D eigenvalue weighted by Crippen LogP contribution is 2.30. The highest BCUT2D eigenvalue weighted by molar-refractivity contribution is 6.35. The summed E-state index contributed by atoms with van der Waals surface area (Å²) in [7, 11) is 0. The molecule has 0 saturated carbocycles. The molecule has 0 bridgehead atoms. The minimum atomic E-state index is 0.386. The van der Waals surface area contributed by atoms with Crippen molar-refractivity contribution in [2.24, 2.45) is 0 Å². The van der Waals surface area contributed by atoms with Gasteiger partial charge in [-0.1, -0.05) is 23.2 Å². The standard InChI is InChI=1S/C11H10Cl2N4/c1-6-2-8(13)9(3-7(6)12)17-11-4-10(14)15-5-16-11/h2-5H,1H3,(H3,14,15,16,17). The Kier molecular flexibility index (Phi) is 3.36. The highest BCUT2D eigenvalue weighted by atomic mass is 35.5. The lowest BCUT2D eigenvalue weighted by Gasteiger charge is -2.09. The van der Waals surface area contributed by atoms with Gasteiger partial charge in [0.05, 0.1) is 10.7 Å². The first kappa shape index (κ1) is 12.0. The van der Waals surface area contributed by atoms with E-state index in [0.29, 0.717) is 27.4 Å². The fourth-order valence-electron chi connectivity index (χ4n) is 1.32. The molecule has 2 aromatic rings. The van der Waals surface area contributed by atoms with E-state index in [1.165, 1.54) is 6.33 Å². The molecule has 6 heteroatoms. The molecule has 0 spiro atoms. The molecule has 3 N–H and O–H groups in total. The Morgan fingerprint density at radius 1 is 1.12 bits per heavy atom. The van der Waals surface area contributed by atoms with Crippen LogP contribution in [0.4, 0.5) is 17.3 Å². The van der Waals surface area contributed by atoms with Crippen LogP contribution < -0.4 is 11.1 Å². The predicted octanol–water partition coefficient (Wildman–Crippen LogP) is 3.42. The molecule has 0 aliphatic heterocycles. The van der Waals surface area contributed by atoms with Gasteiger partial charge in [0.15, 0.2) is 0 Å². The molecule has 0 aliphatic carbocycles. The first-order chi connectivity index (χ1) is 8.06. The van der Waals surface area contributed by atoms with E-state index in [-0.39, 0.29) is 0 Å². The average Bonchev–Trinajstić information content (AvgIpc) is 2.26. The molecule has 0 saturated heterocycles. The number of aromatic nitrogens is 2. The molecule has 0 unspecified atom stereocenters. The minimum absolute atomic E-state index is 0.386. The number of rotatable bonds is 2. The van der Waals surface area contributed by atoms with Gasteiger partial charge in [0.25, 0.3) is 0 Å². The topological polar surface area (TPSA) is 63.8 Å². The molecule has 2 rings (SSSR count). The Bertz CT molecular complexity index is 557. The van der Waals surface area contributed by atoms with Crippen molar-refractivity contribution in [1.82, 2.24) is 9.97 Å². The zero-order chi connectivity index (χ0) is 12.4. The third-order valence-corrected chi connectivity index (χ3v) is 2.92. The molecule has 1 aromatic carbocycles. The molecular weight excluding hydrogens is 259 g/mol. The Morgan fingerprint density at radius 3 is 2.59 bits per heavy atom. The van der Waals surface area contributed by atoms with Crippen molar-refractivity contribution < 1.29 is 0 Å². The smallest absolute Gasteiger partial charge is 0.135 e. The zero-order valence-corrected chi connectivity index (χ0v) is 10.5. The number of hydrogen-bond acceptors (Lipinski definition) is 4. The lowest BCUT2D eigenvalue weighted by Crippen LogP contribution is -1.98. The molecular formula is C11H10Cl2N4. The second-order valence-electron chi connectivity index (χ2n) is 3.53. The Labute approximate surface area is 109 Å². The SMILES string of the molecule is Cc1cc(Cl)c(Nc2cc(N)ncn2)cc1Cl. The van der Waals surface area contributed by atoms with Gasteiger partial charge in [-0.05, 0) is 24.6 Å². The maximum atomic E-state index is 6.10. The number of nitrogens with zero attached hydrogens (tertiary/aromatic N) is 2. The second kappa shape index (κ2) is 4.77. The molecule has 88 valence electrons. The van der Waals surface area contributed by atoms with Crippen LogP contribution in [0.3, 0.4) is 0 Å². The van der Waals surface area contributed by atoms with Gasteiger partial charge in [0.2, 0.25) is 0 Å². The Hall–Kier alpha value is -1.52. The van der Waals surface area contributed by atoms with Crippen molar-refractivity contribution in [2.45, 2.75) is 6.92 Å². The molecule has 0 aliphatic rings. The molecule has 1 heterocycles. The maximum Gasteiger partial charge on any atom is 0.135 e. The van der Waals surface area contributed by atoms with Gasteiger partial charge < -0.3 is 11.1 Å². The Balaban J connectivity index is 2.33. The van der Waals surface area contributed by atoms with Crippen LogP contribution in [0.5, 0.6) is 0 Å². The van der Waals surface area contributed by atoms with Gasteiger partial charge in [-0.2, -0.15) is 0 Å². The van der Waals surface area contributed by atoms with E-state index >= 15 is 0 Å². The summed E-state index contributed by atoms with van der Waals surface area (Å²) in [6.07, 6.45) is 1.38. The molecule has 0 radical (unpaired) electrons. The number of benzene rings is 1. The van der Waals surface area contributed by atoms with Gasteiger partial charge in [-0.25, -0.2) is 9.97 Å². The van der Waals surface area contributed by atoms with E-state index in [2.05, 4.69) is 15.3 Å². The van der Waals surface area contributed by atoms with Gasteiger partial charge in [0.1, 0.15) is 18.0 Å². The van der Waals surface area contributed by atoms with Gasteiger partial charge in [0, 0.05) is 11.1 Å². The fourth-order valence-corrected chi connectivity index (χ4v) is 1.75. The number of halogens is 2. The third-order valence-electron chi connectivity index (χ3n) is 2.20. The molecule has 0 amide bonds. The minimum Gasteiger partial charge on any atom is -0.384 e. The van der Waals surface area contributed by atoms with Crippen molar-refractivity contribution in [1.29, 1.82) is 0 Å². The average molecular weight is 269 g/mol. The van der Waals surface area contributed by atoms with Crippen molar-refractivity contribution in [2.75, 3.05) is 11.1 Å². The van der Waals surface area contributed by atoms with E-state index in [4.69, 9.17) is 28.9 Å². The second-order valence-corrected chi connectivity index (χ2v) is 4.35. The summed E-state index contributed by atoms with van der Waals surface area (Å²) in [5.74, 6) is 0.955. The normalized spacial score (nSPS) is 10.3. The van der Waals surface area contributed by atoms with Crippen LogP contribution in [0.1, 0.15) is 5.56 Å². The fraction of sp³-hybridized carbons (Fsp3) is 0.0909. The van der Waals surface area contributed by atoms with E-state index < -0.39 is 0 Å². The van der Waals surface area contributed by atoms with E-state index in [0.717, 1.165) is 5.56 Å². The lowest BCUT2D eigenvalue weighted by molar-refractivity contribution is 1.18. The van der Waals surface area contributed by atoms with Gasteiger partial charge in [-0.3, -0.25) is 0 Å². The summed E-state index contributed by atoms with van der Waals surface area (Å²) in [4.78, 5) is 7.83. The first-order valence-corrected chi connectivity index (χ1v) is 5.62. The summed E-state index contributed by atoms with van der Waals surface area (Å²) in [6.45, 7) is 1.89. The number of anilines is 3. The van der Waals surface area contributed by atoms with Crippen LogP contribution in [0.25, 0.3) is 0 Å². The van der Waals surface area contributed by atoms with Gasteiger partial charge in [-0.15, -0.1) is 0 Å². The van der Waals surface area contributed by atoms with Crippen LogP contribution in [-0.2, 0) is 0 Å². The predicted molar refractivity (Wildman–Crippen MR) is 70.9 cm³/mol. The number of nitrogens with one attached hydrogen (secondary N) is 1. The number of nitrogen functional groups attached to an aromatic ring is 1. The monoisotopic (exact) mass is 268 g/mol. The lowest BCUT2D eigenvalue weighted by atomic mass is 10.2. The summed E-state index contributed by atoms with van der Waals surface area (Å²) >= 11 is 12.1. The third kappa shape index (κ3) is 2.78. The molecule has 17 heavy (non-hydrogen) atoms. The summed E-state index contributed by atoms with van der Waals surface area (Å²) < 4.78 is 0. The van der Waals surface area contributed by atoms with E-state index in [9.17, 15) is 0 Å². The van der Waals surface area contributed by atoms with E-state index in [1.807, 2.05) is 6.92 Å². The quantitative estimate of drug-likeness (QED) is 0.876. The van der Waals surface area contributed by atoms with Crippen molar-refractivity contribution >= 4 is 40.5 Å². The van der Waals surface area contributed by atoms with Crippen molar-refractivity contribution in [3.63, 3.8) is 0 Å². The van der Waals surface area contributed by atoms with Gasteiger partial charge >= 0.3 is 0 Å². The number of nitrogens with two attached hydrogens (primary N) is 1. The summed E-state index contributed by atoms with van der Waals surface area (Å²) in [6, 6.07) is 5.15. The molecule has 1 aromatic heterocycles. The molecule has 0 fully saturated rings. The van der Waals surface area contributed by atoms with Crippen LogP contribution in [0.15, 0.2) is 24.5 Å². The van der Waals surface area contributed by atoms with E-state index in [1.54, 1.807) is 18.2 Å². The Morgan fingerprint density at radius 2 is 1.88 bits per heavy atom. The summed E-state index contributed by atoms with van der Waals surface area (Å²) in [5.41, 5.74) is 7.16. The van der Waals surface area contributed by atoms with Crippen molar-refractivity contribution in [3.05, 3.63) is 40.1 Å². The first-order valence-electron chi connectivity index (χ1n) is 4.86. The van der Waals surface area contributed by atoms with Crippen LogP contribution in [0, 0.1) is 6.92 Å². The largest absolute Gasteiger partial charge is 0.384 e. The van der Waals surface area contributed by atoms with Crippen LogP contribution >= 0.6 is 23.2 Å². The van der Waals surface area contributed by atoms with Crippen molar-refractivity contribution in [3.8, 4) is 0 Å². The summed E-state index contributed by atoms with van der Waals surface area (Å²) in [5, 5.41) is 4.24. The molecule has 4 nitrogen and oxygen atoms in total. The van der Waals surface area contributed by atoms with Crippen LogP contribution in [0.2, 0.25) is 10.0 Å². The maximum absolute atomic E-state index is 6.10. The molecule has 0 atom stereocenters. The highest BCUT2D eigenvalue weighted by Gasteiger charge is 2.05. The van der Waals surface area contributed by atoms with Crippen LogP contribution in [-0.4, -0.2) is 9.97 Å². The number of hydrogen-bond donors (Lipinski definition) is 2.